The third-order valence-corrected chi connectivity index (χ3v) is 5.68. The molecule has 0 aliphatic heterocycles. The predicted molar refractivity (Wildman–Crippen MR) is 111 cm³/mol. The highest BCUT2D eigenvalue weighted by Gasteiger charge is 2.13. The molecule has 0 aliphatic rings. The number of carbonyl (C=O) groups is 1. The third-order valence-electron chi connectivity index (χ3n) is 3.92. The quantitative estimate of drug-likeness (QED) is 0.490. The van der Waals surface area contributed by atoms with Gasteiger partial charge in [-0.05, 0) is 36.4 Å². The van der Waals surface area contributed by atoms with Crippen LogP contribution in [-0.4, -0.2) is 30.9 Å². The molecular formula is C20H18F2N2O3S2. The van der Waals surface area contributed by atoms with Gasteiger partial charge in [0.1, 0.15) is 11.5 Å². The monoisotopic (exact) mass is 436 g/mol. The van der Waals surface area contributed by atoms with Crippen LogP contribution in [-0.2, 0) is 4.79 Å². The number of aromatic nitrogens is 1. The number of hydrogen-bond donors (Lipinski definition) is 1. The lowest BCUT2D eigenvalue weighted by molar-refractivity contribution is -0.115. The van der Waals surface area contributed by atoms with Crippen LogP contribution >= 0.6 is 23.1 Å². The molecule has 0 saturated carbocycles. The van der Waals surface area contributed by atoms with Crippen molar-refractivity contribution in [3.8, 4) is 22.8 Å². The number of benzene rings is 2. The van der Waals surface area contributed by atoms with E-state index in [0.29, 0.717) is 33.0 Å². The van der Waals surface area contributed by atoms with Crippen molar-refractivity contribution in [2.75, 3.05) is 25.3 Å². The Kier molecular flexibility index (Phi) is 7.05. The molecule has 0 atom stereocenters. The molecular weight excluding hydrogens is 418 g/mol. The highest BCUT2D eigenvalue weighted by molar-refractivity contribution is 7.99. The minimum atomic E-state index is -0.900. The number of methoxy groups -OCH3 is 2. The average molecular weight is 437 g/mol. The van der Waals surface area contributed by atoms with Gasteiger partial charge in [0.15, 0.2) is 16.8 Å². The lowest BCUT2D eigenvalue weighted by Gasteiger charge is -2.08. The van der Waals surface area contributed by atoms with Gasteiger partial charge in [-0.3, -0.25) is 4.79 Å². The van der Waals surface area contributed by atoms with Gasteiger partial charge in [0.25, 0.3) is 0 Å². The van der Waals surface area contributed by atoms with Gasteiger partial charge in [-0.1, -0.05) is 0 Å². The number of ether oxygens (including phenoxy) is 2. The molecule has 3 aromatic rings. The van der Waals surface area contributed by atoms with Crippen LogP contribution in [0.4, 0.5) is 13.9 Å². The molecule has 1 N–H and O–H groups in total. The van der Waals surface area contributed by atoms with Crippen molar-refractivity contribution in [3.63, 3.8) is 0 Å². The van der Waals surface area contributed by atoms with Crippen molar-refractivity contribution in [3.05, 3.63) is 53.4 Å². The Labute approximate surface area is 175 Å². The van der Waals surface area contributed by atoms with Crippen LogP contribution in [0, 0.1) is 11.6 Å². The third kappa shape index (κ3) is 5.45. The van der Waals surface area contributed by atoms with E-state index in [2.05, 4.69) is 10.3 Å². The summed E-state index contributed by atoms with van der Waals surface area (Å²) >= 11 is 2.58. The Morgan fingerprint density at radius 1 is 1.14 bits per heavy atom. The molecule has 29 heavy (non-hydrogen) atoms. The molecule has 0 unspecified atom stereocenters. The van der Waals surface area contributed by atoms with Crippen LogP contribution in [0.25, 0.3) is 11.3 Å². The first-order valence-electron chi connectivity index (χ1n) is 8.55. The zero-order valence-electron chi connectivity index (χ0n) is 15.7. The average Bonchev–Trinajstić information content (AvgIpc) is 3.18. The van der Waals surface area contributed by atoms with Gasteiger partial charge >= 0.3 is 0 Å². The topological polar surface area (TPSA) is 60.5 Å². The van der Waals surface area contributed by atoms with E-state index in [-0.39, 0.29) is 12.3 Å². The summed E-state index contributed by atoms with van der Waals surface area (Å²) in [6.45, 7) is 0. The number of nitrogens with one attached hydrogen (secondary N) is 1. The maximum atomic E-state index is 13.2. The highest BCUT2D eigenvalue weighted by atomic mass is 32.2. The standard InChI is InChI=1S/C20H18F2N2O3S2/c1-26-12-3-6-18(27-2)14(9-12)17-11-29-20(23-17)24-19(25)7-8-28-13-4-5-15(21)16(22)10-13/h3-6,9-11H,7-8H2,1-2H3,(H,23,24,25). The number of hydrogen-bond acceptors (Lipinski definition) is 6. The Morgan fingerprint density at radius 2 is 1.97 bits per heavy atom. The molecule has 2 aromatic carbocycles. The second-order valence-corrected chi connectivity index (χ2v) is 7.85. The molecule has 0 radical (unpaired) electrons. The lowest BCUT2D eigenvalue weighted by Crippen LogP contribution is -2.11. The van der Waals surface area contributed by atoms with Gasteiger partial charge in [0, 0.05) is 28.0 Å². The number of rotatable bonds is 8. The number of thiazole rings is 1. The van der Waals surface area contributed by atoms with Crippen LogP contribution in [0.15, 0.2) is 46.7 Å². The molecule has 152 valence electrons. The smallest absolute Gasteiger partial charge is 0.226 e. The number of amides is 1. The molecule has 9 heteroatoms. The minimum Gasteiger partial charge on any atom is -0.497 e. The van der Waals surface area contributed by atoms with Crippen molar-refractivity contribution in [2.45, 2.75) is 11.3 Å². The Balaban J connectivity index is 1.58. The molecule has 0 bridgehead atoms. The van der Waals surface area contributed by atoms with E-state index >= 15 is 0 Å². The van der Waals surface area contributed by atoms with Crippen LogP contribution in [0.1, 0.15) is 6.42 Å². The molecule has 0 spiro atoms. The van der Waals surface area contributed by atoms with E-state index < -0.39 is 11.6 Å². The Bertz CT molecular complexity index is 1010. The first-order valence-corrected chi connectivity index (χ1v) is 10.4. The zero-order valence-corrected chi connectivity index (χ0v) is 17.3. The fourth-order valence-electron chi connectivity index (χ4n) is 2.48. The van der Waals surface area contributed by atoms with E-state index in [1.54, 1.807) is 26.4 Å². The Hall–Kier alpha value is -2.65. The van der Waals surface area contributed by atoms with Gasteiger partial charge in [-0.15, -0.1) is 23.1 Å². The summed E-state index contributed by atoms with van der Waals surface area (Å²) < 4.78 is 36.8. The van der Waals surface area contributed by atoms with Gasteiger partial charge in [-0.25, -0.2) is 13.8 Å². The molecule has 1 aromatic heterocycles. The van der Waals surface area contributed by atoms with Crippen molar-refractivity contribution >= 4 is 34.1 Å². The second-order valence-electron chi connectivity index (χ2n) is 5.83. The van der Waals surface area contributed by atoms with Crippen molar-refractivity contribution in [1.82, 2.24) is 4.98 Å². The largest absolute Gasteiger partial charge is 0.497 e. The van der Waals surface area contributed by atoms with Crippen molar-refractivity contribution in [2.24, 2.45) is 0 Å². The Morgan fingerprint density at radius 3 is 2.69 bits per heavy atom. The minimum absolute atomic E-state index is 0.209. The fourth-order valence-corrected chi connectivity index (χ4v) is 4.08. The lowest BCUT2D eigenvalue weighted by atomic mass is 10.1. The maximum absolute atomic E-state index is 13.2. The van der Waals surface area contributed by atoms with Crippen LogP contribution in [0.2, 0.25) is 0 Å². The fraction of sp³-hybridized carbons (Fsp3) is 0.200. The van der Waals surface area contributed by atoms with E-state index in [9.17, 15) is 13.6 Å². The molecule has 3 rings (SSSR count). The summed E-state index contributed by atoms with van der Waals surface area (Å²) in [7, 11) is 3.15. The number of halogens is 2. The van der Waals surface area contributed by atoms with E-state index in [0.717, 1.165) is 17.7 Å². The predicted octanol–water partition coefficient (Wildman–Crippen LogP) is 5.23. The summed E-state index contributed by atoms with van der Waals surface area (Å²) in [5.74, 6) is -0.245. The summed E-state index contributed by atoms with van der Waals surface area (Å²) in [5, 5.41) is 5.04. The second kappa shape index (κ2) is 9.71. The summed E-state index contributed by atoms with van der Waals surface area (Å²) in [6, 6.07) is 9.07. The van der Waals surface area contributed by atoms with Crippen molar-refractivity contribution in [1.29, 1.82) is 0 Å². The van der Waals surface area contributed by atoms with Crippen LogP contribution in [0.5, 0.6) is 11.5 Å². The molecule has 0 fully saturated rings. The van der Waals surface area contributed by atoms with Gasteiger partial charge < -0.3 is 14.8 Å². The van der Waals surface area contributed by atoms with Crippen LogP contribution in [0.3, 0.4) is 0 Å². The number of thioether (sulfide) groups is 1. The summed E-state index contributed by atoms with van der Waals surface area (Å²) in [4.78, 5) is 17.2. The first kappa shape index (κ1) is 21.1. The van der Waals surface area contributed by atoms with E-state index in [1.165, 1.54) is 29.2 Å². The number of nitrogens with zero attached hydrogens (tertiary/aromatic N) is 1. The highest BCUT2D eigenvalue weighted by Crippen LogP contribution is 2.35. The SMILES string of the molecule is COc1ccc(OC)c(-c2csc(NC(=O)CCSc3ccc(F)c(F)c3)n2)c1. The molecule has 1 heterocycles. The summed E-state index contributed by atoms with van der Waals surface area (Å²) in [5.41, 5.74) is 1.43. The molecule has 0 aliphatic carbocycles. The van der Waals surface area contributed by atoms with Crippen LogP contribution < -0.4 is 14.8 Å². The van der Waals surface area contributed by atoms with E-state index in [4.69, 9.17) is 9.47 Å². The van der Waals surface area contributed by atoms with Gasteiger partial charge in [0.2, 0.25) is 5.91 Å². The molecule has 5 nitrogen and oxygen atoms in total. The maximum Gasteiger partial charge on any atom is 0.226 e. The van der Waals surface area contributed by atoms with E-state index in [1.807, 2.05) is 11.4 Å². The number of anilines is 1. The number of carbonyl (C=O) groups excluding carboxylic acids is 1. The van der Waals surface area contributed by atoms with Gasteiger partial charge in [0.05, 0.1) is 19.9 Å². The first-order chi connectivity index (χ1) is 14.0. The summed E-state index contributed by atoms with van der Waals surface area (Å²) in [6.07, 6.45) is 0.209. The molecule has 0 saturated heterocycles. The normalized spacial score (nSPS) is 10.6. The molecule has 1 amide bonds. The zero-order chi connectivity index (χ0) is 20.8. The van der Waals surface area contributed by atoms with Crippen molar-refractivity contribution < 1.29 is 23.0 Å². The van der Waals surface area contributed by atoms with Gasteiger partial charge in [-0.2, -0.15) is 0 Å².